The fraction of sp³-hybridized carbons (Fsp3) is 0.917. The molecule has 1 amide bonds. The van der Waals surface area contributed by atoms with E-state index < -0.39 is 5.54 Å². The average Bonchev–Trinajstić information content (AvgIpc) is 3.02. The van der Waals surface area contributed by atoms with Crippen molar-refractivity contribution < 1.29 is 4.79 Å². The number of carbonyl (C=O) groups is 1. The van der Waals surface area contributed by atoms with Crippen LogP contribution in [-0.4, -0.2) is 28.5 Å². The van der Waals surface area contributed by atoms with E-state index in [9.17, 15) is 4.79 Å². The Morgan fingerprint density at radius 2 is 2.25 bits per heavy atom. The zero-order valence-corrected chi connectivity index (χ0v) is 10.8. The third-order valence-electron chi connectivity index (χ3n) is 3.64. The predicted octanol–water partition coefficient (Wildman–Crippen LogP) is 1.66. The minimum Gasteiger partial charge on any atom is -0.368 e. The van der Waals surface area contributed by atoms with Crippen molar-refractivity contribution in [2.45, 2.75) is 62.3 Å². The summed E-state index contributed by atoms with van der Waals surface area (Å²) < 4.78 is 0. The Labute approximate surface area is 102 Å². The number of hydrogen-bond acceptors (Lipinski definition) is 3. The maximum atomic E-state index is 11.7. The summed E-state index contributed by atoms with van der Waals surface area (Å²) in [4.78, 5) is 11.7. The van der Waals surface area contributed by atoms with Crippen LogP contribution in [0, 0.1) is 0 Å². The molecule has 2 fully saturated rings. The summed E-state index contributed by atoms with van der Waals surface area (Å²) in [6.07, 6.45) is 6.64. The Morgan fingerprint density at radius 1 is 1.50 bits per heavy atom. The molecular formula is C12H22N2OS. The van der Waals surface area contributed by atoms with E-state index in [4.69, 9.17) is 5.73 Å². The fourth-order valence-electron chi connectivity index (χ4n) is 2.65. The van der Waals surface area contributed by atoms with Gasteiger partial charge in [-0.1, -0.05) is 6.92 Å². The first-order valence-electron chi connectivity index (χ1n) is 6.35. The fourth-order valence-corrected chi connectivity index (χ4v) is 3.85. The molecule has 0 heterocycles. The molecule has 3 N–H and O–H groups in total. The summed E-state index contributed by atoms with van der Waals surface area (Å²) in [5.41, 5.74) is 5.23. The number of thioether (sulfide) groups is 1. The lowest BCUT2D eigenvalue weighted by Crippen LogP contribution is -2.59. The number of carbonyl (C=O) groups excluding carboxylic acids is 1. The van der Waals surface area contributed by atoms with Gasteiger partial charge in [-0.25, -0.2) is 0 Å². The maximum absolute atomic E-state index is 11.7. The van der Waals surface area contributed by atoms with Crippen molar-refractivity contribution in [3.63, 3.8) is 0 Å². The lowest BCUT2D eigenvalue weighted by molar-refractivity contribution is -0.125. The van der Waals surface area contributed by atoms with Gasteiger partial charge in [-0.05, 0) is 44.3 Å². The average molecular weight is 242 g/mol. The van der Waals surface area contributed by atoms with Crippen molar-refractivity contribution in [1.29, 1.82) is 0 Å². The van der Waals surface area contributed by atoms with Gasteiger partial charge in [0.25, 0.3) is 0 Å². The Morgan fingerprint density at radius 3 is 2.81 bits per heavy atom. The minimum atomic E-state index is -0.397. The van der Waals surface area contributed by atoms with Gasteiger partial charge in [0.15, 0.2) is 0 Å². The molecule has 0 bridgehead atoms. The molecule has 0 saturated heterocycles. The van der Waals surface area contributed by atoms with Crippen molar-refractivity contribution in [2.24, 2.45) is 5.73 Å². The molecule has 0 aromatic carbocycles. The Bertz CT molecular complexity index is 266. The number of nitrogens with one attached hydrogen (secondary N) is 1. The Balaban J connectivity index is 2.01. The minimum absolute atomic E-state index is 0.138. The van der Waals surface area contributed by atoms with Gasteiger partial charge in [0.1, 0.15) is 0 Å². The van der Waals surface area contributed by atoms with E-state index in [2.05, 4.69) is 12.2 Å². The van der Waals surface area contributed by atoms with Crippen molar-refractivity contribution in [3.05, 3.63) is 0 Å². The Kier molecular flexibility index (Phi) is 3.80. The lowest BCUT2D eigenvalue weighted by Gasteiger charge is -2.39. The molecule has 0 aliphatic heterocycles. The molecule has 0 spiro atoms. The standard InChI is InChI=1S/C12H22N2OS/c1-2-16-10-4-3-7-12(8-10,11(13)15)14-9-5-6-9/h9-10,14H,2-8H2,1H3,(H2,13,15). The second-order valence-corrected chi connectivity index (χ2v) is 6.62. The molecule has 2 saturated carbocycles. The third kappa shape index (κ3) is 2.72. The molecule has 0 aromatic rings. The zero-order valence-electron chi connectivity index (χ0n) is 10.00. The van der Waals surface area contributed by atoms with Crippen LogP contribution in [0.25, 0.3) is 0 Å². The number of amides is 1. The molecule has 0 aromatic heterocycles. The van der Waals surface area contributed by atoms with Crippen LogP contribution in [0.4, 0.5) is 0 Å². The normalized spacial score (nSPS) is 34.9. The first kappa shape index (κ1) is 12.2. The van der Waals surface area contributed by atoms with Gasteiger partial charge < -0.3 is 11.1 Å². The third-order valence-corrected chi connectivity index (χ3v) is 4.84. The van der Waals surface area contributed by atoms with Crippen LogP contribution in [-0.2, 0) is 4.79 Å². The highest BCUT2D eigenvalue weighted by molar-refractivity contribution is 7.99. The number of nitrogens with two attached hydrogens (primary N) is 1. The van der Waals surface area contributed by atoms with E-state index in [1.807, 2.05) is 11.8 Å². The Hall–Kier alpha value is -0.220. The highest BCUT2D eigenvalue weighted by Crippen LogP contribution is 2.37. The van der Waals surface area contributed by atoms with Crippen molar-refractivity contribution in [3.8, 4) is 0 Å². The van der Waals surface area contributed by atoms with Gasteiger partial charge >= 0.3 is 0 Å². The molecule has 4 heteroatoms. The van der Waals surface area contributed by atoms with Gasteiger partial charge in [0, 0.05) is 11.3 Å². The molecule has 92 valence electrons. The van der Waals surface area contributed by atoms with E-state index in [1.54, 1.807) is 0 Å². The van der Waals surface area contributed by atoms with E-state index >= 15 is 0 Å². The van der Waals surface area contributed by atoms with Crippen LogP contribution in [0.1, 0.15) is 45.4 Å². The van der Waals surface area contributed by atoms with Crippen molar-refractivity contribution in [1.82, 2.24) is 5.32 Å². The predicted molar refractivity (Wildman–Crippen MR) is 68.5 cm³/mol. The highest BCUT2D eigenvalue weighted by Gasteiger charge is 2.44. The van der Waals surface area contributed by atoms with Crippen LogP contribution < -0.4 is 11.1 Å². The van der Waals surface area contributed by atoms with Crippen molar-refractivity contribution in [2.75, 3.05) is 5.75 Å². The number of rotatable bonds is 5. The molecular weight excluding hydrogens is 220 g/mol. The van der Waals surface area contributed by atoms with Crippen molar-refractivity contribution >= 4 is 17.7 Å². The topological polar surface area (TPSA) is 55.1 Å². The second kappa shape index (κ2) is 4.96. The molecule has 2 aliphatic rings. The van der Waals surface area contributed by atoms with Crippen LogP contribution in [0.15, 0.2) is 0 Å². The van der Waals surface area contributed by atoms with Gasteiger partial charge in [0.2, 0.25) is 5.91 Å². The molecule has 2 unspecified atom stereocenters. The number of hydrogen-bond donors (Lipinski definition) is 2. The summed E-state index contributed by atoms with van der Waals surface area (Å²) in [7, 11) is 0. The summed E-state index contributed by atoms with van der Waals surface area (Å²) in [5.74, 6) is 0.990. The molecule has 16 heavy (non-hydrogen) atoms. The SMILES string of the molecule is CCSC1CCCC(NC2CC2)(C(N)=O)C1. The van der Waals surface area contributed by atoms with Crippen LogP contribution >= 0.6 is 11.8 Å². The van der Waals surface area contributed by atoms with Gasteiger partial charge in [-0.3, -0.25) is 4.79 Å². The monoisotopic (exact) mass is 242 g/mol. The van der Waals surface area contributed by atoms with Gasteiger partial charge in [0.05, 0.1) is 5.54 Å². The molecule has 0 radical (unpaired) electrons. The smallest absolute Gasteiger partial charge is 0.237 e. The van der Waals surface area contributed by atoms with Crippen LogP contribution in [0.3, 0.4) is 0 Å². The summed E-state index contributed by atoms with van der Waals surface area (Å²) in [5, 5.41) is 4.12. The van der Waals surface area contributed by atoms with E-state index in [0.29, 0.717) is 11.3 Å². The zero-order chi connectivity index (χ0) is 11.6. The number of primary amides is 1. The highest BCUT2D eigenvalue weighted by atomic mass is 32.2. The largest absolute Gasteiger partial charge is 0.368 e. The molecule has 3 nitrogen and oxygen atoms in total. The summed E-state index contributed by atoms with van der Waals surface area (Å²) in [6.45, 7) is 2.18. The van der Waals surface area contributed by atoms with Gasteiger partial charge in [-0.15, -0.1) is 0 Å². The van der Waals surface area contributed by atoms with E-state index in [1.165, 1.54) is 19.3 Å². The first-order valence-corrected chi connectivity index (χ1v) is 7.40. The molecule has 2 aliphatic carbocycles. The van der Waals surface area contributed by atoms with E-state index in [0.717, 1.165) is 25.0 Å². The quantitative estimate of drug-likeness (QED) is 0.771. The molecule has 2 rings (SSSR count). The molecule has 2 atom stereocenters. The summed E-state index contributed by atoms with van der Waals surface area (Å²) >= 11 is 1.97. The summed E-state index contributed by atoms with van der Waals surface area (Å²) in [6, 6.07) is 0.554. The second-order valence-electron chi connectivity index (χ2n) is 5.04. The van der Waals surface area contributed by atoms with Crippen LogP contribution in [0.5, 0.6) is 0 Å². The first-order chi connectivity index (χ1) is 7.66. The maximum Gasteiger partial charge on any atom is 0.237 e. The lowest BCUT2D eigenvalue weighted by atomic mass is 9.80. The van der Waals surface area contributed by atoms with E-state index in [-0.39, 0.29) is 5.91 Å². The van der Waals surface area contributed by atoms with Crippen LogP contribution in [0.2, 0.25) is 0 Å². The van der Waals surface area contributed by atoms with Gasteiger partial charge in [-0.2, -0.15) is 11.8 Å².